The van der Waals surface area contributed by atoms with Gasteiger partial charge in [0.05, 0.1) is 0 Å². The SMILES string of the molecule is Cc1ccc(NC(=O)C(=O)NC2CC3(CCCCC3)NC3(CCCCC3)C2)cc1F. The maximum absolute atomic E-state index is 13.7. The predicted molar refractivity (Wildman–Crippen MR) is 116 cm³/mol. The van der Waals surface area contributed by atoms with Crippen LogP contribution in [0.15, 0.2) is 18.2 Å². The lowest BCUT2D eigenvalue weighted by Crippen LogP contribution is -2.67. The van der Waals surface area contributed by atoms with Gasteiger partial charge in [-0.25, -0.2) is 4.39 Å². The summed E-state index contributed by atoms with van der Waals surface area (Å²) in [5.74, 6) is -1.75. The van der Waals surface area contributed by atoms with Gasteiger partial charge in [0.2, 0.25) is 0 Å². The Morgan fingerprint density at radius 2 is 1.50 bits per heavy atom. The van der Waals surface area contributed by atoms with Crippen LogP contribution in [0.25, 0.3) is 0 Å². The largest absolute Gasteiger partial charge is 0.345 e. The Balaban J connectivity index is 1.44. The average molecular weight is 416 g/mol. The van der Waals surface area contributed by atoms with E-state index in [4.69, 9.17) is 0 Å². The number of amides is 2. The van der Waals surface area contributed by atoms with Crippen molar-refractivity contribution in [2.24, 2.45) is 0 Å². The Morgan fingerprint density at radius 1 is 0.933 bits per heavy atom. The number of rotatable bonds is 2. The van der Waals surface area contributed by atoms with Crippen molar-refractivity contribution in [1.29, 1.82) is 0 Å². The second kappa shape index (κ2) is 8.66. The minimum Gasteiger partial charge on any atom is -0.345 e. The van der Waals surface area contributed by atoms with E-state index in [1.54, 1.807) is 19.1 Å². The lowest BCUT2D eigenvalue weighted by atomic mass is 9.66. The maximum Gasteiger partial charge on any atom is 0.313 e. The fourth-order valence-corrected chi connectivity index (χ4v) is 6.01. The molecule has 0 radical (unpaired) electrons. The zero-order valence-corrected chi connectivity index (χ0v) is 18.0. The summed E-state index contributed by atoms with van der Waals surface area (Å²) < 4.78 is 13.7. The van der Waals surface area contributed by atoms with Gasteiger partial charge in [-0.2, -0.15) is 0 Å². The maximum atomic E-state index is 13.7. The summed E-state index contributed by atoms with van der Waals surface area (Å²) >= 11 is 0. The first-order valence-corrected chi connectivity index (χ1v) is 11.6. The van der Waals surface area contributed by atoms with Crippen LogP contribution in [-0.2, 0) is 9.59 Å². The van der Waals surface area contributed by atoms with Crippen LogP contribution in [0.5, 0.6) is 0 Å². The average Bonchev–Trinajstić information content (AvgIpc) is 2.71. The zero-order valence-electron chi connectivity index (χ0n) is 18.0. The van der Waals surface area contributed by atoms with Gasteiger partial charge in [-0.3, -0.25) is 9.59 Å². The Kier molecular flexibility index (Phi) is 6.14. The highest BCUT2D eigenvalue weighted by molar-refractivity contribution is 6.39. The van der Waals surface area contributed by atoms with Crippen LogP contribution in [0.2, 0.25) is 0 Å². The van der Waals surface area contributed by atoms with Crippen LogP contribution in [0, 0.1) is 12.7 Å². The Morgan fingerprint density at radius 3 is 2.03 bits per heavy atom. The quantitative estimate of drug-likeness (QED) is 0.629. The van der Waals surface area contributed by atoms with E-state index in [-0.39, 0.29) is 17.1 Å². The molecule has 3 aliphatic rings. The fourth-order valence-electron chi connectivity index (χ4n) is 6.01. The van der Waals surface area contributed by atoms with E-state index in [9.17, 15) is 14.0 Å². The summed E-state index contributed by atoms with van der Waals surface area (Å²) in [6.45, 7) is 1.66. The van der Waals surface area contributed by atoms with Crippen molar-refractivity contribution in [3.63, 3.8) is 0 Å². The third-order valence-electron chi connectivity index (χ3n) is 7.40. The molecule has 164 valence electrons. The summed E-state index contributed by atoms with van der Waals surface area (Å²) in [5.41, 5.74) is 0.976. The van der Waals surface area contributed by atoms with Crippen molar-refractivity contribution in [3.05, 3.63) is 29.6 Å². The number of halogens is 1. The van der Waals surface area contributed by atoms with E-state index in [2.05, 4.69) is 16.0 Å². The predicted octanol–water partition coefficient (Wildman–Crippen LogP) is 4.35. The van der Waals surface area contributed by atoms with Gasteiger partial charge in [-0.05, 0) is 63.1 Å². The molecule has 3 N–H and O–H groups in total. The summed E-state index contributed by atoms with van der Waals surface area (Å²) in [5, 5.41) is 9.63. The van der Waals surface area contributed by atoms with Crippen LogP contribution in [-0.4, -0.2) is 28.9 Å². The van der Waals surface area contributed by atoms with Crippen molar-refractivity contribution < 1.29 is 14.0 Å². The minimum absolute atomic E-state index is 0.00421. The van der Waals surface area contributed by atoms with Gasteiger partial charge >= 0.3 is 11.8 Å². The third kappa shape index (κ3) is 4.69. The number of hydrogen-bond acceptors (Lipinski definition) is 3. The molecular weight excluding hydrogens is 381 g/mol. The van der Waals surface area contributed by atoms with Gasteiger partial charge in [0.15, 0.2) is 0 Å². The van der Waals surface area contributed by atoms with Crippen LogP contribution in [0.1, 0.15) is 82.6 Å². The molecule has 6 heteroatoms. The highest BCUT2D eigenvalue weighted by Gasteiger charge is 2.48. The first-order valence-electron chi connectivity index (χ1n) is 11.6. The second-order valence-electron chi connectivity index (χ2n) is 9.80. The molecule has 2 amide bonds. The van der Waals surface area contributed by atoms with Crippen LogP contribution in [0.3, 0.4) is 0 Å². The monoisotopic (exact) mass is 415 g/mol. The highest BCUT2D eigenvalue weighted by Crippen LogP contribution is 2.44. The molecule has 5 nitrogen and oxygen atoms in total. The van der Waals surface area contributed by atoms with E-state index in [0.717, 1.165) is 38.5 Å². The highest BCUT2D eigenvalue weighted by atomic mass is 19.1. The van der Waals surface area contributed by atoms with Crippen LogP contribution in [0.4, 0.5) is 10.1 Å². The third-order valence-corrected chi connectivity index (χ3v) is 7.40. The molecule has 0 aromatic heterocycles. The lowest BCUT2D eigenvalue weighted by Gasteiger charge is -2.55. The van der Waals surface area contributed by atoms with Crippen LogP contribution < -0.4 is 16.0 Å². The number of benzene rings is 1. The molecule has 1 heterocycles. The Hall–Kier alpha value is -1.95. The molecule has 3 fully saturated rings. The van der Waals surface area contributed by atoms with Gasteiger partial charge in [-0.15, -0.1) is 0 Å². The summed E-state index contributed by atoms with van der Waals surface area (Å²) in [6, 6.07) is 4.45. The number of aryl methyl sites for hydroxylation is 1. The summed E-state index contributed by atoms with van der Waals surface area (Å²) in [4.78, 5) is 25.1. The minimum atomic E-state index is -0.729. The molecule has 0 atom stereocenters. The van der Waals surface area contributed by atoms with E-state index in [1.807, 2.05) is 0 Å². The van der Waals surface area contributed by atoms with Gasteiger partial charge in [0, 0.05) is 22.8 Å². The molecule has 4 rings (SSSR count). The molecule has 2 saturated carbocycles. The van der Waals surface area contributed by atoms with Crippen molar-refractivity contribution >= 4 is 17.5 Å². The number of carbonyl (C=O) groups is 2. The molecule has 2 aliphatic carbocycles. The van der Waals surface area contributed by atoms with Crippen molar-refractivity contribution in [1.82, 2.24) is 10.6 Å². The number of nitrogens with one attached hydrogen (secondary N) is 3. The molecule has 1 aliphatic heterocycles. The number of carbonyl (C=O) groups excluding carboxylic acids is 2. The van der Waals surface area contributed by atoms with Gasteiger partial charge < -0.3 is 16.0 Å². The van der Waals surface area contributed by atoms with E-state index >= 15 is 0 Å². The smallest absolute Gasteiger partial charge is 0.313 e. The zero-order chi connectivity index (χ0) is 21.2. The fraction of sp³-hybridized carbons (Fsp3) is 0.667. The number of anilines is 1. The Labute approximate surface area is 178 Å². The van der Waals surface area contributed by atoms with Gasteiger partial charge in [-0.1, -0.05) is 44.6 Å². The molecule has 30 heavy (non-hydrogen) atoms. The standard InChI is InChI=1S/C24H34FN3O2/c1-17-8-9-18(14-20(17)25)26-21(29)22(30)27-19-15-23(10-4-2-5-11-23)28-24(16-19)12-6-3-7-13-24/h8-9,14,19,28H,2-7,10-13,15-16H2,1H3,(H,26,29)(H,27,30). The van der Waals surface area contributed by atoms with Crippen molar-refractivity contribution in [3.8, 4) is 0 Å². The van der Waals surface area contributed by atoms with E-state index < -0.39 is 17.6 Å². The molecule has 0 unspecified atom stereocenters. The topological polar surface area (TPSA) is 70.2 Å². The number of hydrogen-bond donors (Lipinski definition) is 3. The first kappa shape index (κ1) is 21.3. The van der Waals surface area contributed by atoms with Gasteiger partial charge in [0.25, 0.3) is 0 Å². The summed E-state index contributed by atoms with van der Waals surface area (Å²) in [6.07, 6.45) is 13.8. The van der Waals surface area contributed by atoms with Crippen molar-refractivity contribution in [2.75, 3.05) is 5.32 Å². The summed E-state index contributed by atoms with van der Waals surface area (Å²) in [7, 11) is 0. The second-order valence-corrected chi connectivity index (χ2v) is 9.80. The molecule has 1 aromatic carbocycles. The molecular formula is C24H34FN3O2. The lowest BCUT2D eigenvalue weighted by molar-refractivity contribution is -0.137. The van der Waals surface area contributed by atoms with Crippen LogP contribution >= 0.6 is 0 Å². The van der Waals surface area contributed by atoms with E-state index in [1.165, 1.54) is 44.6 Å². The molecule has 1 aromatic rings. The molecule has 1 saturated heterocycles. The molecule has 0 bridgehead atoms. The molecule has 2 spiro atoms. The van der Waals surface area contributed by atoms with Gasteiger partial charge in [0.1, 0.15) is 5.82 Å². The normalized spacial score (nSPS) is 25.1. The van der Waals surface area contributed by atoms with E-state index in [0.29, 0.717) is 11.3 Å². The van der Waals surface area contributed by atoms with Crippen molar-refractivity contribution in [2.45, 2.75) is 101 Å². The Bertz CT molecular complexity index is 772. The first-order chi connectivity index (χ1) is 14.4. The number of piperidine rings is 1.